The molecule has 2 aromatic rings. The molecule has 0 saturated carbocycles. The van der Waals surface area contributed by atoms with Crippen LogP contribution in [0.1, 0.15) is 50.2 Å². The largest absolute Gasteiger partial charge is 0.385 e. The van der Waals surface area contributed by atoms with Gasteiger partial charge in [0, 0.05) is 38.2 Å². The van der Waals surface area contributed by atoms with Gasteiger partial charge < -0.3 is 10.1 Å². The van der Waals surface area contributed by atoms with E-state index in [1.165, 1.54) is 37.7 Å². The third-order valence-electron chi connectivity index (χ3n) is 4.37. The number of hydrogen-bond donors (Lipinski definition) is 2. The maximum Gasteiger partial charge on any atom is 0.130 e. The Kier molecular flexibility index (Phi) is 11.4. The van der Waals surface area contributed by atoms with Gasteiger partial charge in [-0.3, -0.25) is 10.3 Å². The van der Waals surface area contributed by atoms with E-state index in [1.807, 2.05) is 18.3 Å². The molecule has 152 valence electrons. The number of methoxy groups -OCH3 is 1. The van der Waals surface area contributed by atoms with Crippen molar-refractivity contribution in [2.75, 3.05) is 13.7 Å². The van der Waals surface area contributed by atoms with Crippen molar-refractivity contribution in [2.24, 2.45) is 0 Å². The standard InChI is InChI=1S/C15H15N3S.C8H18O/c1-2-5-12(6-3-1)9-17-15-18-14(11-19-15)13-7-4-8-16-10-13;1-3-4-5-6-7-8-9-2/h1-8,10-11,15,17-18H,9H2;3-8H2,1-2H3. The monoisotopic (exact) mass is 399 g/mol. The van der Waals surface area contributed by atoms with Crippen molar-refractivity contribution in [3.8, 4) is 0 Å². The first-order valence-electron chi connectivity index (χ1n) is 10.1. The molecule has 0 fully saturated rings. The molecule has 1 aliphatic heterocycles. The molecule has 28 heavy (non-hydrogen) atoms. The van der Waals surface area contributed by atoms with Crippen LogP contribution in [0.5, 0.6) is 0 Å². The van der Waals surface area contributed by atoms with Crippen LogP contribution in [0.2, 0.25) is 0 Å². The van der Waals surface area contributed by atoms with Crippen LogP contribution in [-0.4, -0.2) is 24.2 Å². The number of rotatable bonds is 10. The average molecular weight is 400 g/mol. The molecule has 1 aliphatic rings. The minimum Gasteiger partial charge on any atom is -0.385 e. The molecule has 4 nitrogen and oxygen atoms in total. The summed E-state index contributed by atoms with van der Waals surface area (Å²) in [6, 6.07) is 14.4. The summed E-state index contributed by atoms with van der Waals surface area (Å²) in [5.41, 5.74) is 3.76. The fourth-order valence-electron chi connectivity index (χ4n) is 2.77. The highest BCUT2D eigenvalue weighted by atomic mass is 32.2. The summed E-state index contributed by atoms with van der Waals surface area (Å²) < 4.78 is 4.92. The minimum atomic E-state index is 0.218. The number of nitrogens with one attached hydrogen (secondary N) is 2. The van der Waals surface area contributed by atoms with E-state index in [0.717, 1.165) is 24.4 Å². The van der Waals surface area contributed by atoms with Crippen molar-refractivity contribution < 1.29 is 4.74 Å². The van der Waals surface area contributed by atoms with Gasteiger partial charge in [0.25, 0.3) is 0 Å². The molecule has 5 heteroatoms. The van der Waals surface area contributed by atoms with E-state index < -0.39 is 0 Å². The van der Waals surface area contributed by atoms with Crippen molar-refractivity contribution in [2.45, 2.75) is 51.1 Å². The first kappa shape index (κ1) is 22.5. The van der Waals surface area contributed by atoms with Gasteiger partial charge in [0.05, 0.1) is 5.70 Å². The number of thioether (sulfide) groups is 1. The zero-order chi connectivity index (χ0) is 19.9. The minimum absolute atomic E-state index is 0.218. The van der Waals surface area contributed by atoms with Gasteiger partial charge in [-0.2, -0.15) is 0 Å². The molecule has 0 spiro atoms. The quantitative estimate of drug-likeness (QED) is 0.524. The van der Waals surface area contributed by atoms with Gasteiger partial charge in [0.2, 0.25) is 0 Å². The Balaban J connectivity index is 0.000000266. The highest BCUT2D eigenvalue weighted by Crippen LogP contribution is 2.25. The van der Waals surface area contributed by atoms with Crippen molar-refractivity contribution >= 4 is 17.5 Å². The lowest BCUT2D eigenvalue weighted by molar-refractivity contribution is 0.192. The Hall–Kier alpha value is -1.82. The Morgan fingerprint density at radius 2 is 1.89 bits per heavy atom. The topological polar surface area (TPSA) is 46.2 Å². The van der Waals surface area contributed by atoms with Crippen LogP contribution in [0.25, 0.3) is 5.70 Å². The molecule has 1 aromatic carbocycles. The fraction of sp³-hybridized carbons (Fsp3) is 0.435. The highest BCUT2D eigenvalue weighted by molar-refractivity contribution is 8.03. The van der Waals surface area contributed by atoms with E-state index in [1.54, 1.807) is 25.1 Å². The number of nitrogens with zero attached hydrogens (tertiary/aromatic N) is 1. The number of unbranched alkanes of at least 4 members (excludes halogenated alkanes) is 4. The van der Waals surface area contributed by atoms with Crippen LogP contribution < -0.4 is 10.6 Å². The first-order valence-corrected chi connectivity index (χ1v) is 11.1. The second-order valence-electron chi connectivity index (χ2n) is 6.71. The molecule has 0 aliphatic carbocycles. The van der Waals surface area contributed by atoms with E-state index in [9.17, 15) is 0 Å². The molecule has 2 N–H and O–H groups in total. The van der Waals surface area contributed by atoms with Gasteiger partial charge in [-0.15, -0.1) is 0 Å². The summed E-state index contributed by atoms with van der Waals surface area (Å²) in [5.74, 6) is 0. The third kappa shape index (κ3) is 8.91. The Morgan fingerprint density at radius 1 is 1.07 bits per heavy atom. The first-order chi connectivity index (χ1) is 13.8. The SMILES string of the molecule is C1=C(c2cccnc2)NC(NCc2ccccc2)S1.CCCCCCCOC. The summed E-state index contributed by atoms with van der Waals surface area (Å²) >= 11 is 1.75. The van der Waals surface area contributed by atoms with Crippen LogP contribution >= 0.6 is 11.8 Å². The molecule has 0 radical (unpaired) electrons. The highest BCUT2D eigenvalue weighted by Gasteiger charge is 2.16. The molecule has 3 rings (SSSR count). The summed E-state index contributed by atoms with van der Waals surface area (Å²) in [6.07, 6.45) is 10.3. The molecule has 0 bridgehead atoms. The zero-order valence-corrected chi connectivity index (χ0v) is 17.9. The normalized spacial score (nSPS) is 15.4. The predicted octanol–water partition coefficient (Wildman–Crippen LogP) is 5.39. The molecule has 1 unspecified atom stereocenters. The van der Waals surface area contributed by atoms with Gasteiger partial charge >= 0.3 is 0 Å². The Morgan fingerprint density at radius 3 is 2.61 bits per heavy atom. The van der Waals surface area contributed by atoms with Gasteiger partial charge in [0.1, 0.15) is 5.50 Å². The molecule has 0 saturated heterocycles. The number of pyridine rings is 1. The van der Waals surface area contributed by atoms with Crippen molar-refractivity contribution in [1.29, 1.82) is 0 Å². The van der Waals surface area contributed by atoms with Crippen LogP contribution in [0.15, 0.2) is 60.3 Å². The van der Waals surface area contributed by atoms with Gasteiger partial charge in [-0.1, -0.05) is 74.7 Å². The van der Waals surface area contributed by atoms with Crippen LogP contribution in [0.3, 0.4) is 0 Å². The number of ether oxygens (including phenoxy) is 1. The number of benzene rings is 1. The van der Waals surface area contributed by atoms with E-state index in [4.69, 9.17) is 4.74 Å². The van der Waals surface area contributed by atoms with Crippen LogP contribution in [-0.2, 0) is 11.3 Å². The Bertz CT molecular complexity index is 658. The second kappa shape index (κ2) is 14.2. The maximum atomic E-state index is 4.92. The van der Waals surface area contributed by atoms with Gasteiger partial charge in [-0.05, 0) is 29.5 Å². The fourth-order valence-corrected chi connectivity index (χ4v) is 3.63. The van der Waals surface area contributed by atoms with E-state index in [0.29, 0.717) is 0 Å². The lowest BCUT2D eigenvalue weighted by Crippen LogP contribution is -2.34. The maximum absolute atomic E-state index is 4.92. The van der Waals surface area contributed by atoms with Crippen molar-refractivity contribution in [3.05, 3.63) is 71.4 Å². The van der Waals surface area contributed by atoms with Crippen molar-refractivity contribution in [1.82, 2.24) is 15.6 Å². The van der Waals surface area contributed by atoms with E-state index >= 15 is 0 Å². The van der Waals surface area contributed by atoms with Crippen molar-refractivity contribution in [3.63, 3.8) is 0 Å². The predicted molar refractivity (Wildman–Crippen MR) is 121 cm³/mol. The zero-order valence-electron chi connectivity index (χ0n) is 17.1. The molecule has 2 heterocycles. The smallest absolute Gasteiger partial charge is 0.130 e. The average Bonchev–Trinajstić information content (AvgIpc) is 3.23. The molecular formula is C23H33N3OS. The lowest BCUT2D eigenvalue weighted by atomic mass is 10.2. The summed E-state index contributed by atoms with van der Waals surface area (Å²) in [6.45, 7) is 4.03. The molecule has 1 atom stereocenters. The number of hydrogen-bond acceptors (Lipinski definition) is 5. The van der Waals surface area contributed by atoms with Gasteiger partial charge in [-0.25, -0.2) is 0 Å². The number of aromatic nitrogens is 1. The van der Waals surface area contributed by atoms with Crippen LogP contribution in [0, 0.1) is 0 Å². The van der Waals surface area contributed by atoms with Crippen LogP contribution in [0.4, 0.5) is 0 Å². The van der Waals surface area contributed by atoms with E-state index in [-0.39, 0.29) is 5.50 Å². The third-order valence-corrected chi connectivity index (χ3v) is 5.30. The van der Waals surface area contributed by atoms with E-state index in [2.05, 4.69) is 58.3 Å². The summed E-state index contributed by atoms with van der Waals surface area (Å²) in [4.78, 5) is 4.14. The summed E-state index contributed by atoms with van der Waals surface area (Å²) in [7, 11) is 1.76. The molecular weight excluding hydrogens is 366 g/mol. The van der Waals surface area contributed by atoms with Gasteiger partial charge in [0.15, 0.2) is 0 Å². The molecule has 0 amide bonds. The Labute approximate surface area is 174 Å². The second-order valence-corrected chi connectivity index (χ2v) is 7.69. The molecule has 1 aromatic heterocycles. The lowest BCUT2D eigenvalue weighted by Gasteiger charge is -2.14. The summed E-state index contributed by atoms with van der Waals surface area (Å²) in [5, 5.41) is 9.07.